The van der Waals surface area contributed by atoms with Crippen LogP contribution < -0.4 is 5.73 Å². The van der Waals surface area contributed by atoms with Gasteiger partial charge in [0.1, 0.15) is 0 Å². The average molecular weight is 310 g/mol. The van der Waals surface area contributed by atoms with Crippen LogP contribution in [0, 0.1) is 0 Å². The number of rotatable bonds is 7. The number of carbonyl (C=O) groups is 1. The van der Waals surface area contributed by atoms with E-state index in [2.05, 4.69) is 11.8 Å². The molecule has 1 aliphatic heterocycles. The van der Waals surface area contributed by atoms with Crippen LogP contribution in [0.25, 0.3) is 0 Å². The van der Waals surface area contributed by atoms with Gasteiger partial charge in [-0.25, -0.2) is 0 Å². The molecule has 1 aliphatic rings. The van der Waals surface area contributed by atoms with E-state index in [-0.39, 0.29) is 24.4 Å². The normalized spacial score (nSPS) is 20.9. The first-order chi connectivity index (χ1) is 8.60. The van der Waals surface area contributed by atoms with Gasteiger partial charge in [0, 0.05) is 19.6 Å². The molecule has 4 nitrogen and oxygen atoms in total. The minimum atomic E-state index is -0.334. The molecule has 0 aromatic carbocycles. The zero-order valence-corrected chi connectivity index (χ0v) is 13.9. The molecular weight excluding hydrogens is 282 g/mol. The van der Waals surface area contributed by atoms with Crippen LogP contribution in [0.4, 0.5) is 0 Å². The maximum Gasteiger partial charge on any atom is 0.239 e. The van der Waals surface area contributed by atoms with Gasteiger partial charge in [-0.15, -0.1) is 12.4 Å². The number of amides is 1. The molecule has 1 amide bonds. The molecular formula is C13H28ClN3OS. The molecule has 2 N–H and O–H groups in total. The zero-order chi connectivity index (χ0) is 13.5. The van der Waals surface area contributed by atoms with Gasteiger partial charge in [-0.05, 0) is 44.4 Å². The van der Waals surface area contributed by atoms with Crippen LogP contribution in [-0.4, -0.2) is 66.5 Å². The highest BCUT2D eigenvalue weighted by Gasteiger charge is 2.27. The number of likely N-dealkylation sites (tertiary alicyclic amines) is 1. The van der Waals surface area contributed by atoms with Gasteiger partial charge in [-0.1, -0.05) is 6.92 Å². The molecule has 0 spiro atoms. The van der Waals surface area contributed by atoms with Crippen molar-refractivity contribution in [2.75, 3.05) is 38.7 Å². The second-order valence-electron chi connectivity index (χ2n) is 5.03. The summed E-state index contributed by atoms with van der Waals surface area (Å²) < 4.78 is 0. The summed E-state index contributed by atoms with van der Waals surface area (Å²) >= 11 is 1.74. The Morgan fingerprint density at radius 2 is 2.26 bits per heavy atom. The molecule has 1 fully saturated rings. The van der Waals surface area contributed by atoms with Crippen molar-refractivity contribution >= 4 is 30.1 Å². The van der Waals surface area contributed by atoms with Gasteiger partial charge in [0.25, 0.3) is 0 Å². The second kappa shape index (κ2) is 9.86. The van der Waals surface area contributed by atoms with Crippen molar-refractivity contribution in [3.63, 3.8) is 0 Å². The van der Waals surface area contributed by atoms with Crippen molar-refractivity contribution in [2.24, 2.45) is 5.73 Å². The van der Waals surface area contributed by atoms with Crippen molar-refractivity contribution in [2.45, 2.75) is 38.3 Å². The Labute approximate surface area is 127 Å². The predicted molar refractivity (Wildman–Crippen MR) is 86.1 cm³/mol. The number of hydrogen-bond acceptors (Lipinski definition) is 4. The first-order valence-corrected chi connectivity index (χ1v) is 8.23. The Balaban J connectivity index is 0.00000324. The van der Waals surface area contributed by atoms with E-state index in [9.17, 15) is 4.79 Å². The number of nitrogens with zero attached hydrogens (tertiary/aromatic N) is 2. The summed E-state index contributed by atoms with van der Waals surface area (Å²) in [4.78, 5) is 16.4. The van der Waals surface area contributed by atoms with E-state index in [1.165, 1.54) is 19.4 Å². The van der Waals surface area contributed by atoms with Crippen molar-refractivity contribution < 1.29 is 4.79 Å². The first kappa shape index (κ1) is 19.0. The summed E-state index contributed by atoms with van der Waals surface area (Å²) in [5.74, 6) is 1.04. The smallest absolute Gasteiger partial charge is 0.239 e. The molecule has 6 heteroatoms. The van der Waals surface area contributed by atoms with Gasteiger partial charge in [-0.2, -0.15) is 11.8 Å². The van der Waals surface area contributed by atoms with Crippen molar-refractivity contribution in [1.82, 2.24) is 9.80 Å². The lowest BCUT2D eigenvalue weighted by Gasteiger charge is -2.29. The third-order valence-electron chi connectivity index (χ3n) is 3.72. The number of thioether (sulfide) groups is 1. The fraction of sp³-hybridized carbons (Fsp3) is 0.923. The molecule has 1 heterocycles. The summed E-state index contributed by atoms with van der Waals surface area (Å²) in [6, 6.07) is 0.190. The maximum atomic E-state index is 12.1. The Morgan fingerprint density at radius 1 is 1.58 bits per heavy atom. The minimum absolute atomic E-state index is 0. The molecule has 1 rings (SSSR count). The van der Waals surface area contributed by atoms with E-state index in [1.807, 2.05) is 18.2 Å². The number of nitrogens with two attached hydrogens (primary N) is 1. The van der Waals surface area contributed by atoms with Gasteiger partial charge < -0.3 is 10.6 Å². The van der Waals surface area contributed by atoms with Gasteiger partial charge in [0.2, 0.25) is 5.91 Å². The lowest BCUT2D eigenvalue weighted by Crippen LogP contribution is -2.47. The summed E-state index contributed by atoms with van der Waals surface area (Å²) in [6.07, 6.45) is 5.26. The fourth-order valence-corrected chi connectivity index (χ4v) is 3.07. The Hall–Kier alpha value is 0.0300. The topological polar surface area (TPSA) is 49.6 Å². The van der Waals surface area contributed by atoms with E-state index < -0.39 is 0 Å². The third-order valence-corrected chi connectivity index (χ3v) is 4.36. The van der Waals surface area contributed by atoms with Gasteiger partial charge in [0.05, 0.1) is 6.04 Å². The molecule has 2 atom stereocenters. The number of carbonyl (C=O) groups excluding carboxylic acids is 1. The van der Waals surface area contributed by atoms with Crippen LogP contribution in [0.1, 0.15) is 26.2 Å². The van der Waals surface area contributed by atoms with Crippen molar-refractivity contribution in [3.05, 3.63) is 0 Å². The van der Waals surface area contributed by atoms with Gasteiger partial charge in [0.15, 0.2) is 0 Å². The van der Waals surface area contributed by atoms with Crippen LogP contribution in [-0.2, 0) is 4.79 Å². The molecule has 0 saturated carbocycles. The molecule has 0 radical (unpaired) electrons. The highest BCUT2D eigenvalue weighted by atomic mass is 35.5. The fourth-order valence-electron chi connectivity index (χ4n) is 2.58. The standard InChI is InChI=1S/C13H27N3OS.ClH/c1-4-16-8-5-6-11(16)10-15(2)13(17)12(14)7-9-18-3;/h11-12H,4-10,14H2,1-3H3;1H/t11?,12-;/m0./s1. The molecule has 1 saturated heterocycles. The van der Waals surface area contributed by atoms with E-state index in [4.69, 9.17) is 5.73 Å². The lowest BCUT2D eigenvalue weighted by atomic mass is 10.1. The van der Waals surface area contributed by atoms with Crippen molar-refractivity contribution in [3.8, 4) is 0 Å². The molecule has 19 heavy (non-hydrogen) atoms. The average Bonchev–Trinajstić information content (AvgIpc) is 2.81. The highest BCUT2D eigenvalue weighted by molar-refractivity contribution is 7.98. The molecule has 0 aliphatic carbocycles. The Morgan fingerprint density at radius 3 is 2.84 bits per heavy atom. The Kier molecular flexibility index (Phi) is 9.87. The van der Waals surface area contributed by atoms with Gasteiger partial charge in [-0.3, -0.25) is 9.69 Å². The second-order valence-corrected chi connectivity index (χ2v) is 6.02. The molecule has 114 valence electrons. The monoisotopic (exact) mass is 309 g/mol. The largest absolute Gasteiger partial charge is 0.343 e. The van der Waals surface area contributed by atoms with Crippen LogP contribution in [0.3, 0.4) is 0 Å². The van der Waals surface area contributed by atoms with Crippen LogP contribution in [0.15, 0.2) is 0 Å². The van der Waals surface area contributed by atoms with Crippen LogP contribution in [0.2, 0.25) is 0 Å². The van der Waals surface area contributed by atoms with Gasteiger partial charge >= 0.3 is 0 Å². The zero-order valence-electron chi connectivity index (χ0n) is 12.3. The Bertz CT molecular complexity index is 268. The summed E-state index contributed by atoms with van der Waals surface area (Å²) in [5.41, 5.74) is 5.93. The van der Waals surface area contributed by atoms with E-state index in [0.717, 1.165) is 25.3 Å². The molecule has 1 unspecified atom stereocenters. The molecule has 0 aromatic rings. The predicted octanol–water partition coefficient (Wildman–Crippen LogP) is 1.43. The summed E-state index contributed by atoms with van der Waals surface area (Å²) in [6.45, 7) is 5.25. The first-order valence-electron chi connectivity index (χ1n) is 6.83. The number of likely N-dealkylation sites (N-methyl/N-ethyl adjacent to an activating group) is 2. The van der Waals surface area contributed by atoms with E-state index in [1.54, 1.807) is 11.8 Å². The number of hydrogen-bond donors (Lipinski definition) is 1. The van der Waals surface area contributed by atoms with Crippen LogP contribution in [0.5, 0.6) is 0 Å². The number of halogens is 1. The SMILES string of the molecule is CCN1CCCC1CN(C)C(=O)[C@@H](N)CCSC.Cl. The summed E-state index contributed by atoms with van der Waals surface area (Å²) in [7, 11) is 1.88. The molecule has 0 bridgehead atoms. The quantitative estimate of drug-likeness (QED) is 0.773. The van der Waals surface area contributed by atoms with E-state index in [0.29, 0.717) is 6.04 Å². The highest BCUT2D eigenvalue weighted by Crippen LogP contribution is 2.17. The minimum Gasteiger partial charge on any atom is -0.343 e. The van der Waals surface area contributed by atoms with Crippen LogP contribution >= 0.6 is 24.2 Å². The lowest BCUT2D eigenvalue weighted by molar-refractivity contribution is -0.131. The van der Waals surface area contributed by atoms with E-state index >= 15 is 0 Å². The van der Waals surface area contributed by atoms with Crippen molar-refractivity contribution in [1.29, 1.82) is 0 Å². The molecule has 0 aromatic heterocycles. The third kappa shape index (κ3) is 5.90. The summed E-state index contributed by atoms with van der Waals surface area (Å²) in [5, 5.41) is 0. The maximum absolute atomic E-state index is 12.1.